The Morgan fingerprint density at radius 3 is 2.78 bits per heavy atom. The van der Waals surface area contributed by atoms with E-state index in [1.54, 1.807) is 0 Å². The summed E-state index contributed by atoms with van der Waals surface area (Å²) in [4.78, 5) is 2.48. The molecule has 0 aromatic rings. The predicted octanol–water partition coefficient (Wildman–Crippen LogP) is 0.980. The Morgan fingerprint density at radius 2 is 2.28 bits per heavy atom. The lowest BCUT2D eigenvalue weighted by Crippen LogP contribution is -2.54. The largest absolute Gasteiger partial charge is 0.376 e. The van der Waals surface area contributed by atoms with Crippen molar-refractivity contribution in [2.75, 3.05) is 39.4 Å². The van der Waals surface area contributed by atoms with Crippen LogP contribution in [0.2, 0.25) is 0 Å². The molecular formula is C14H29N3O. The molecule has 1 aliphatic rings. The smallest absolute Gasteiger partial charge is 0.0672 e. The summed E-state index contributed by atoms with van der Waals surface area (Å²) in [6.07, 6.45) is 1.13. The molecule has 0 aromatic heterocycles. The van der Waals surface area contributed by atoms with E-state index in [4.69, 9.17) is 10.5 Å². The SMILES string of the molecule is C=C(C)COCCNC1(CN)CCN(C(C)C)C1. The van der Waals surface area contributed by atoms with E-state index in [0.29, 0.717) is 19.2 Å². The Balaban J connectivity index is 2.27. The summed E-state index contributed by atoms with van der Waals surface area (Å²) in [6, 6.07) is 0.597. The number of nitrogens with two attached hydrogens (primary N) is 1. The standard InChI is InChI=1S/C14H29N3O/c1-12(2)9-18-8-6-16-14(10-15)5-7-17(11-14)13(3)4/h13,16H,1,5-11,15H2,2-4H3. The highest BCUT2D eigenvalue weighted by Crippen LogP contribution is 2.21. The fraction of sp³-hybridized carbons (Fsp3) is 0.857. The van der Waals surface area contributed by atoms with Gasteiger partial charge in [0.1, 0.15) is 0 Å². The maximum absolute atomic E-state index is 5.95. The predicted molar refractivity (Wildman–Crippen MR) is 76.7 cm³/mol. The van der Waals surface area contributed by atoms with Gasteiger partial charge >= 0.3 is 0 Å². The van der Waals surface area contributed by atoms with Gasteiger partial charge in [-0.1, -0.05) is 12.2 Å². The first-order valence-electron chi connectivity index (χ1n) is 6.90. The van der Waals surface area contributed by atoms with Gasteiger partial charge in [0.05, 0.1) is 13.2 Å². The molecule has 0 saturated carbocycles. The topological polar surface area (TPSA) is 50.5 Å². The van der Waals surface area contributed by atoms with Crippen molar-refractivity contribution in [3.8, 4) is 0 Å². The van der Waals surface area contributed by atoms with E-state index in [9.17, 15) is 0 Å². The molecule has 0 aliphatic carbocycles. The lowest BCUT2D eigenvalue weighted by atomic mass is 9.99. The first-order valence-corrected chi connectivity index (χ1v) is 6.90. The monoisotopic (exact) mass is 255 g/mol. The Labute approximate surface area is 112 Å². The number of hydrogen-bond donors (Lipinski definition) is 2. The second-order valence-corrected chi connectivity index (χ2v) is 5.74. The number of nitrogens with zero attached hydrogens (tertiary/aromatic N) is 1. The Kier molecular flexibility index (Phi) is 6.29. The molecule has 0 aromatic carbocycles. The van der Waals surface area contributed by atoms with Crippen molar-refractivity contribution in [1.29, 1.82) is 0 Å². The molecule has 1 heterocycles. The molecule has 1 atom stereocenters. The molecule has 0 bridgehead atoms. The molecule has 4 heteroatoms. The van der Waals surface area contributed by atoms with Crippen molar-refractivity contribution in [1.82, 2.24) is 10.2 Å². The van der Waals surface area contributed by atoms with Crippen LogP contribution in [0.4, 0.5) is 0 Å². The molecule has 18 heavy (non-hydrogen) atoms. The van der Waals surface area contributed by atoms with Gasteiger partial charge in [-0.05, 0) is 27.2 Å². The Morgan fingerprint density at radius 1 is 1.56 bits per heavy atom. The van der Waals surface area contributed by atoms with Crippen molar-refractivity contribution >= 4 is 0 Å². The molecular weight excluding hydrogens is 226 g/mol. The van der Waals surface area contributed by atoms with Crippen LogP contribution in [0.5, 0.6) is 0 Å². The average Bonchev–Trinajstić information content (AvgIpc) is 2.73. The van der Waals surface area contributed by atoms with Crippen molar-refractivity contribution < 1.29 is 4.74 Å². The van der Waals surface area contributed by atoms with E-state index < -0.39 is 0 Å². The Bertz CT molecular complexity index is 268. The molecule has 0 spiro atoms. The fourth-order valence-corrected chi connectivity index (χ4v) is 2.36. The van der Waals surface area contributed by atoms with Gasteiger partial charge in [0.15, 0.2) is 0 Å². The number of likely N-dealkylation sites (tertiary alicyclic amines) is 1. The van der Waals surface area contributed by atoms with Crippen molar-refractivity contribution in [3.05, 3.63) is 12.2 Å². The molecule has 1 saturated heterocycles. The fourth-order valence-electron chi connectivity index (χ4n) is 2.36. The van der Waals surface area contributed by atoms with Crippen LogP contribution in [0.15, 0.2) is 12.2 Å². The minimum Gasteiger partial charge on any atom is -0.376 e. The first-order chi connectivity index (χ1) is 8.49. The highest BCUT2D eigenvalue weighted by molar-refractivity contribution is 4.99. The minimum absolute atomic E-state index is 0.0802. The van der Waals surface area contributed by atoms with E-state index in [1.165, 1.54) is 0 Å². The number of ether oxygens (including phenoxy) is 1. The number of nitrogens with one attached hydrogen (secondary N) is 1. The summed E-state index contributed by atoms with van der Waals surface area (Å²) in [5.41, 5.74) is 7.10. The van der Waals surface area contributed by atoms with Crippen LogP contribution >= 0.6 is 0 Å². The quantitative estimate of drug-likeness (QED) is 0.501. The van der Waals surface area contributed by atoms with Gasteiger partial charge in [-0.15, -0.1) is 0 Å². The van der Waals surface area contributed by atoms with Crippen LogP contribution in [0.25, 0.3) is 0 Å². The summed E-state index contributed by atoms with van der Waals surface area (Å²) in [7, 11) is 0. The van der Waals surface area contributed by atoms with Gasteiger partial charge in [0.25, 0.3) is 0 Å². The molecule has 1 rings (SSSR count). The third-order valence-electron chi connectivity index (χ3n) is 3.60. The van der Waals surface area contributed by atoms with E-state index in [0.717, 1.165) is 38.2 Å². The Hall–Kier alpha value is -0.420. The zero-order chi connectivity index (χ0) is 13.6. The zero-order valence-corrected chi connectivity index (χ0v) is 12.2. The highest BCUT2D eigenvalue weighted by atomic mass is 16.5. The molecule has 3 N–H and O–H groups in total. The summed E-state index contributed by atoms with van der Waals surface area (Å²) in [5.74, 6) is 0. The summed E-state index contributed by atoms with van der Waals surface area (Å²) in [5, 5.41) is 3.58. The van der Waals surface area contributed by atoms with Crippen LogP contribution in [0, 0.1) is 0 Å². The van der Waals surface area contributed by atoms with Crippen LogP contribution in [-0.4, -0.2) is 55.9 Å². The van der Waals surface area contributed by atoms with Crippen LogP contribution in [0.1, 0.15) is 27.2 Å². The normalized spacial score (nSPS) is 24.9. The lowest BCUT2D eigenvalue weighted by Gasteiger charge is -2.30. The number of rotatable bonds is 8. The van der Waals surface area contributed by atoms with Crippen molar-refractivity contribution in [3.63, 3.8) is 0 Å². The lowest BCUT2D eigenvalue weighted by molar-refractivity contribution is 0.147. The summed E-state index contributed by atoms with van der Waals surface area (Å²) >= 11 is 0. The molecule has 0 radical (unpaired) electrons. The van der Waals surface area contributed by atoms with Gasteiger partial charge in [-0.25, -0.2) is 0 Å². The van der Waals surface area contributed by atoms with Gasteiger partial charge in [-0.2, -0.15) is 0 Å². The summed E-state index contributed by atoms with van der Waals surface area (Å²) in [6.45, 7) is 15.4. The minimum atomic E-state index is 0.0802. The van der Waals surface area contributed by atoms with Crippen LogP contribution < -0.4 is 11.1 Å². The van der Waals surface area contributed by atoms with Crippen molar-refractivity contribution in [2.24, 2.45) is 5.73 Å². The average molecular weight is 255 g/mol. The highest BCUT2D eigenvalue weighted by Gasteiger charge is 2.37. The maximum atomic E-state index is 5.95. The molecule has 1 aliphatic heterocycles. The van der Waals surface area contributed by atoms with Gasteiger partial charge in [-0.3, -0.25) is 4.90 Å². The molecule has 1 fully saturated rings. The summed E-state index contributed by atoms with van der Waals surface area (Å²) < 4.78 is 5.50. The second-order valence-electron chi connectivity index (χ2n) is 5.74. The van der Waals surface area contributed by atoms with Crippen molar-refractivity contribution in [2.45, 2.75) is 38.8 Å². The van der Waals surface area contributed by atoms with E-state index >= 15 is 0 Å². The third-order valence-corrected chi connectivity index (χ3v) is 3.60. The van der Waals surface area contributed by atoms with Gasteiger partial charge in [0, 0.05) is 37.8 Å². The van der Waals surface area contributed by atoms with E-state index in [-0.39, 0.29) is 5.54 Å². The molecule has 0 amide bonds. The van der Waals surface area contributed by atoms with Crippen LogP contribution in [-0.2, 0) is 4.74 Å². The second kappa shape index (κ2) is 7.24. The van der Waals surface area contributed by atoms with Crippen LogP contribution in [0.3, 0.4) is 0 Å². The van der Waals surface area contributed by atoms with Gasteiger partial charge in [0.2, 0.25) is 0 Å². The van der Waals surface area contributed by atoms with Gasteiger partial charge < -0.3 is 15.8 Å². The molecule has 106 valence electrons. The molecule has 4 nitrogen and oxygen atoms in total. The zero-order valence-electron chi connectivity index (χ0n) is 12.2. The molecule has 1 unspecified atom stereocenters. The first kappa shape index (κ1) is 15.6. The van der Waals surface area contributed by atoms with E-state index in [2.05, 4.69) is 30.6 Å². The third kappa shape index (κ3) is 4.69. The maximum Gasteiger partial charge on any atom is 0.0672 e. The van der Waals surface area contributed by atoms with E-state index in [1.807, 2.05) is 6.92 Å². The number of hydrogen-bond acceptors (Lipinski definition) is 4.